The molecule has 1 N–H and O–H groups in total. The molecule has 0 heterocycles. The average Bonchev–Trinajstić information content (AvgIpc) is 2.55. The molecule has 24 heavy (non-hydrogen) atoms. The van der Waals surface area contributed by atoms with Gasteiger partial charge in [0.05, 0.1) is 27.9 Å². The number of hydrogen-bond donors (Lipinski definition) is 1. The van der Waals surface area contributed by atoms with Crippen molar-refractivity contribution in [2.75, 3.05) is 12.4 Å². The van der Waals surface area contributed by atoms with E-state index >= 15 is 0 Å². The van der Waals surface area contributed by atoms with Crippen LogP contribution in [0.5, 0.6) is 5.75 Å². The fraction of sp³-hybridized carbons (Fsp3) is 0.0714. The Morgan fingerprint density at radius 1 is 1.12 bits per heavy atom. The second-order valence-corrected chi connectivity index (χ2v) is 6.13. The minimum atomic E-state index is -0.685. The van der Waals surface area contributed by atoms with Crippen LogP contribution in [0.3, 0.4) is 0 Å². The summed E-state index contributed by atoms with van der Waals surface area (Å²) in [7, 11) is 1.55. The number of hydrogen-bond acceptors (Lipinski definition) is 7. The first-order chi connectivity index (χ1) is 11.4. The van der Waals surface area contributed by atoms with Crippen LogP contribution in [-0.2, 0) is 0 Å². The van der Waals surface area contributed by atoms with Gasteiger partial charge in [0.15, 0.2) is 0 Å². The van der Waals surface area contributed by atoms with Crippen LogP contribution in [0.15, 0.2) is 47.4 Å². The van der Waals surface area contributed by atoms with Gasteiger partial charge in [0.2, 0.25) is 0 Å². The zero-order chi connectivity index (χ0) is 17.7. The van der Waals surface area contributed by atoms with E-state index < -0.39 is 9.85 Å². The lowest BCUT2D eigenvalue weighted by Crippen LogP contribution is -2.05. The number of ether oxygens (including phenoxy) is 1. The van der Waals surface area contributed by atoms with Crippen molar-refractivity contribution in [2.24, 2.45) is 0 Å². The highest BCUT2D eigenvalue weighted by molar-refractivity contribution is 8.23. The van der Waals surface area contributed by atoms with Crippen molar-refractivity contribution in [3.05, 3.63) is 62.7 Å². The van der Waals surface area contributed by atoms with E-state index in [1.807, 2.05) is 0 Å². The SMILES string of the molecule is COc1ccc(NC(=S)Sc2ccc([N+](=O)[O-])cc2[N+](=O)[O-])cc1. The largest absolute Gasteiger partial charge is 0.497 e. The topological polar surface area (TPSA) is 108 Å². The summed E-state index contributed by atoms with van der Waals surface area (Å²) < 4.78 is 5.32. The average molecular weight is 365 g/mol. The van der Waals surface area contributed by atoms with Gasteiger partial charge in [-0.2, -0.15) is 0 Å². The van der Waals surface area contributed by atoms with Gasteiger partial charge < -0.3 is 10.1 Å². The zero-order valence-corrected chi connectivity index (χ0v) is 13.9. The highest BCUT2D eigenvalue weighted by Gasteiger charge is 2.20. The molecule has 0 fully saturated rings. The second-order valence-electron chi connectivity index (χ2n) is 4.41. The molecule has 0 radical (unpaired) electrons. The predicted octanol–water partition coefficient (Wildman–Crippen LogP) is 4.00. The molecule has 2 rings (SSSR count). The maximum Gasteiger partial charge on any atom is 0.290 e. The molecule has 0 saturated heterocycles. The van der Waals surface area contributed by atoms with Crippen molar-refractivity contribution in [3.63, 3.8) is 0 Å². The highest BCUT2D eigenvalue weighted by atomic mass is 32.2. The molecule has 0 unspecified atom stereocenters. The molecular formula is C14H11N3O5S2. The fourth-order valence-corrected chi connectivity index (χ4v) is 2.90. The number of nitro groups is 2. The molecule has 0 bridgehead atoms. The molecule has 0 atom stereocenters. The second kappa shape index (κ2) is 7.70. The minimum Gasteiger partial charge on any atom is -0.497 e. The number of nitrogens with one attached hydrogen (secondary N) is 1. The molecule has 0 spiro atoms. The van der Waals surface area contributed by atoms with Crippen molar-refractivity contribution in [1.29, 1.82) is 0 Å². The van der Waals surface area contributed by atoms with Gasteiger partial charge in [0.1, 0.15) is 10.1 Å². The summed E-state index contributed by atoms with van der Waals surface area (Å²) in [6, 6.07) is 10.4. The van der Waals surface area contributed by atoms with E-state index in [-0.39, 0.29) is 20.6 Å². The van der Waals surface area contributed by atoms with E-state index in [0.717, 1.165) is 17.8 Å². The highest BCUT2D eigenvalue weighted by Crippen LogP contribution is 2.33. The van der Waals surface area contributed by atoms with Gasteiger partial charge in [-0.1, -0.05) is 24.0 Å². The van der Waals surface area contributed by atoms with E-state index in [1.54, 1.807) is 31.4 Å². The number of thioether (sulfide) groups is 1. The lowest BCUT2D eigenvalue weighted by atomic mass is 10.3. The maximum absolute atomic E-state index is 11.1. The number of methoxy groups -OCH3 is 1. The lowest BCUT2D eigenvalue weighted by molar-refractivity contribution is -0.396. The van der Waals surface area contributed by atoms with Crippen LogP contribution >= 0.6 is 24.0 Å². The predicted molar refractivity (Wildman–Crippen MR) is 94.8 cm³/mol. The van der Waals surface area contributed by atoms with Crippen molar-refractivity contribution >= 4 is 45.4 Å². The van der Waals surface area contributed by atoms with Gasteiger partial charge in [-0.3, -0.25) is 20.2 Å². The standard InChI is InChI=1S/C14H11N3O5S2/c1-22-11-5-2-9(3-6-11)15-14(23)24-13-7-4-10(16(18)19)8-12(13)17(20)21/h2-8H,1H3,(H,15,23). The van der Waals surface area contributed by atoms with Gasteiger partial charge in [-0.25, -0.2) is 0 Å². The molecule has 0 aliphatic heterocycles. The normalized spacial score (nSPS) is 10.0. The van der Waals surface area contributed by atoms with E-state index in [4.69, 9.17) is 17.0 Å². The van der Waals surface area contributed by atoms with E-state index in [2.05, 4.69) is 5.32 Å². The summed E-state index contributed by atoms with van der Waals surface area (Å²) in [6.45, 7) is 0. The molecule has 124 valence electrons. The van der Waals surface area contributed by atoms with Crippen LogP contribution in [0, 0.1) is 20.2 Å². The van der Waals surface area contributed by atoms with Gasteiger partial charge in [0, 0.05) is 11.8 Å². The molecule has 2 aromatic carbocycles. The smallest absolute Gasteiger partial charge is 0.290 e. The van der Waals surface area contributed by atoms with Crippen molar-refractivity contribution < 1.29 is 14.6 Å². The lowest BCUT2D eigenvalue weighted by Gasteiger charge is -2.08. The maximum atomic E-state index is 11.1. The van der Waals surface area contributed by atoms with Gasteiger partial charge in [-0.15, -0.1) is 0 Å². The van der Waals surface area contributed by atoms with Gasteiger partial charge in [0.25, 0.3) is 11.4 Å². The molecule has 0 aliphatic rings. The molecule has 8 nitrogen and oxygen atoms in total. The van der Waals surface area contributed by atoms with Crippen LogP contribution in [0.25, 0.3) is 0 Å². The number of non-ortho nitro benzene ring substituents is 1. The number of nitrogens with zero attached hydrogens (tertiary/aromatic N) is 2. The molecular weight excluding hydrogens is 354 g/mol. The quantitative estimate of drug-likeness (QED) is 0.367. The third-order valence-electron chi connectivity index (χ3n) is 2.89. The molecule has 0 saturated carbocycles. The number of benzene rings is 2. The molecule has 10 heteroatoms. The third-order valence-corrected chi connectivity index (χ3v) is 4.09. The Bertz CT molecular complexity index is 795. The van der Waals surface area contributed by atoms with Crippen LogP contribution in [0.2, 0.25) is 0 Å². The van der Waals surface area contributed by atoms with Crippen molar-refractivity contribution in [3.8, 4) is 5.75 Å². The van der Waals surface area contributed by atoms with E-state index in [1.165, 1.54) is 12.1 Å². The first-order valence-electron chi connectivity index (χ1n) is 6.46. The Kier molecular flexibility index (Phi) is 5.66. The van der Waals surface area contributed by atoms with Crippen LogP contribution in [0.1, 0.15) is 0 Å². The van der Waals surface area contributed by atoms with Gasteiger partial charge >= 0.3 is 0 Å². The van der Waals surface area contributed by atoms with Crippen LogP contribution in [-0.4, -0.2) is 21.3 Å². The molecule has 0 aromatic heterocycles. The van der Waals surface area contributed by atoms with Crippen molar-refractivity contribution in [2.45, 2.75) is 4.90 Å². The zero-order valence-electron chi connectivity index (χ0n) is 12.3. The first kappa shape index (κ1) is 17.6. The third kappa shape index (κ3) is 4.40. The Balaban J connectivity index is 2.15. The van der Waals surface area contributed by atoms with Gasteiger partial charge in [-0.05, 0) is 30.3 Å². The Labute approximate surface area is 146 Å². The Morgan fingerprint density at radius 3 is 2.33 bits per heavy atom. The van der Waals surface area contributed by atoms with E-state index in [9.17, 15) is 20.2 Å². The summed E-state index contributed by atoms with van der Waals surface area (Å²) in [5.41, 5.74) is -0.0222. The number of anilines is 1. The van der Waals surface area contributed by atoms with E-state index in [0.29, 0.717) is 11.4 Å². The molecule has 0 amide bonds. The molecule has 0 aliphatic carbocycles. The number of rotatable bonds is 5. The Morgan fingerprint density at radius 2 is 1.79 bits per heavy atom. The summed E-state index contributed by atoms with van der Waals surface area (Å²) in [6.07, 6.45) is 0. The monoisotopic (exact) mass is 365 g/mol. The Hall–Kier alpha value is -2.72. The minimum absolute atomic E-state index is 0.219. The number of nitro benzene ring substituents is 2. The van der Waals surface area contributed by atoms with Crippen LogP contribution < -0.4 is 10.1 Å². The molecule has 2 aromatic rings. The number of thiocarbonyl (C=S) groups is 1. The first-order valence-corrected chi connectivity index (χ1v) is 7.69. The summed E-state index contributed by atoms with van der Waals surface area (Å²) in [5.74, 6) is 0.685. The van der Waals surface area contributed by atoms with Crippen LogP contribution in [0.4, 0.5) is 17.1 Å². The fourth-order valence-electron chi connectivity index (χ4n) is 1.77. The summed E-state index contributed by atoms with van der Waals surface area (Å²) in [4.78, 5) is 20.7. The van der Waals surface area contributed by atoms with Crippen molar-refractivity contribution in [1.82, 2.24) is 0 Å². The summed E-state index contributed by atoms with van der Waals surface area (Å²) in [5, 5.41) is 24.8. The summed E-state index contributed by atoms with van der Waals surface area (Å²) >= 11 is 6.12.